The Labute approximate surface area is 168 Å². The van der Waals surface area contributed by atoms with Crippen LogP contribution in [0.3, 0.4) is 0 Å². The molecule has 0 atom stereocenters. The largest absolute Gasteiger partial charge is 0.337 e. The van der Waals surface area contributed by atoms with Crippen molar-refractivity contribution in [1.82, 2.24) is 9.55 Å². The topological polar surface area (TPSA) is 17.8 Å². The highest BCUT2D eigenvalue weighted by Crippen LogP contribution is 2.21. The number of nitrogens with zero attached hydrogens (tertiary/aromatic N) is 2. The lowest BCUT2D eigenvalue weighted by molar-refractivity contribution is 0.696. The smallest absolute Gasteiger partial charge is 0.103 e. The average molecular weight is 362 g/mol. The Morgan fingerprint density at radius 2 is 1.32 bits per heavy atom. The van der Waals surface area contributed by atoms with Crippen molar-refractivity contribution >= 4 is 13.4 Å². The van der Waals surface area contributed by atoms with Crippen molar-refractivity contribution in [2.75, 3.05) is 0 Å². The van der Waals surface area contributed by atoms with Gasteiger partial charge in [-0.15, -0.1) is 5.98 Å². The number of benzene rings is 3. The summed E-state index contributed by atoms with van der Waals surface area (Å²) in [6, 6.07) is 30.8. The van der Waals surface area contributed by atoms with E-state index in [1.807, 2.05) is 61.2 Å². The second-order valence-electron chi connectivity index (χ2n) is 6.35. The maximum Gasteiger partial charge on any atom is 0.103 e. The summed E-state index contributed by atoms with van der Waals surface area (Å²) in [4.78, 5) is 4.00. The third-order valence-electron chi connectivity index (χ3n) is 4.40. The van der Waals surface area contributed by atoms with Gasteiger partial charge in [-0.3, -0.25) is 0 Å². The molecule has 0 N–H and O–H groups in total. The molecule has 0 unspecified atom stereocenters. The lowest BCUT2D eigenvalue weighted by Gasteiger charge is -2.07. The summed E-state index contributed by atoms with van der Waals surface area (Å²) in [6.07, 6.45) is 6.72. The minimum atomic E-state index is 1.00. The van der Waals surface area contributed by atoms with E-state index in [1.54, 1.807) is 5.98 Å². The van der Waals surface area contributed by atoms with Gasteiger partial charge in [-0.25, -0.2) is 4.98 Å². The Morgan fingerprint density at radius 1 is 0.786 bits per heavy atom. The van der Waals surface area contributed by atoms with E-state index in [1.165, 1.54) is 5.56 Å². The first-order valence-corrected chi connectivity index (χ1v) is 9.39. The predicted octanol–water partition coefficient (Wildman–Crippen LogP) is 5.37. The van der Waals surface area contributed by atoms with Crippen LogP contribution in [0.15, 0.2) is 116 Å². The Morgan fingerprint density at radius 3 is 1.79 bits per heavy atom. The summed E-state index contributed by atoms with van der Waals surface area (Å²) in [6.45, 7) is 1.00. The van der Waals surface area contributed by atoms with Crippen LogP contribution in [0.25, 0.3) is 5.57 Å². The minimum Gasteiger partial charge on any atom is -0.337 e. The highest BCUT2D eigenvalue weighted by atomic mass is 15.0. The normalized spacial score (nSPS) is 9.86. The monoisotopic (exact) mass is 362 g/mol. The predicted molar refractivity (Wildman–Crippen MR) is 118 cm³/mol. The van der Waals surface area contributed by atoms with Gasteiger partial charge in [0.25, 0.3) is 0 Å². The van der Waals surface area contributed by atoms with Gasteiger partial charge in [0, 0.05) is 18.9 Å². The van der Waals surface area contributed by atoms with Gasteiger partial charge in [0.2, 0.25) is 0 Å². The van der Waals surface area contributed by atoms with Gasteiger partial charge in [0.15, 0.2) is 0 Å². The third-order valence-corrected chi connectivity index (χ3v) is 4.40. The Kier molecular flexibility index (Phi) is 7.45. The molecule has 0 spiro atoms. The van der Waals surface area contributed by atoms with Crippen LogP contribution in [0, 0.1) is 0 Å². The molecule has 4 rings (SSSR count). The van der Waals surface area contributed by atoms with Crippen LogP contribution >= 0.6 is 0 Å². The Balaban J connectivity index is 0.000000162. The van der Waals surface area contributed by atoms with Gasteiger partial charge in [-0.1, -0.05) is 91.0 Å². The van der Waals surface area contributed by atoms with Crippen molar-refractivity contribution in [2.24, 2.45) is 0 Å². The van der Waals surface area contributed by atoms with Crippen LogP contribution in [0.4, 0.5) is 0 Å². The fraction of sp³-hybridized carbons (Fsp3) is 0.0800. The fourth-order valence-electron chi connectivity index (χ4n) is 2.92. The van der Waals surface area contributed by atoms with Gasteiger partial charge in [-0.05, 0) is 28.7 Å². The highest BCUT2D eigenvalue weighted by Gasteiger charge is 2.01. The standard InChI is InChI=1S/C14H11B.C11H12N2/c15-11-14(12-7-3-1-4-8-12)13-9-5-2-6-10-13;1-2-4-11(5-3-1)6-8-13-9-7-12-10-13/h1-11H;1-5,7,9-10H,6,8H2. The van der Waals surface area contributed by atoms with Crippen molar-refractivity contribution in [2.45, 2.75) is 13.0 Å². The number of aromatic nitrogens is 2. The van der Waals surface area contributed by atoms with Gasteiger partial charge in [-0.2, -0.15) is 0 Å². The molecular weight excluding hydrogens is 339 g/mol. The van der Waals surface area contributed by atoms with E-state index in [0.29, 0.717) is 0 Å². The second kappa shape index (κ2) is 10.7. The van der Waals surface area contributed by atoms with E-state index in [4.69, 9.17) is 7.85 Å². The van der Waals surface area contributed by atoms with Crippen molar-refractivity contribution in [1.29, 1.82) is 0 Å². The lowest BCUT2D eigenvalue weighted by Crippen LogP contribution is -1.97. The van der Waals surface area contributed by atoms with Crippen LogP contribution in [-0.4, -0.2) is 17.4 Å². The molecule has 28 heavy (non-hydrogen) atoms. The van der Waals surface area contributed by atoms with Gasteiger partial charge < -0.3 is 4.57 Å². The van der Waals surface area contributed by atoms with E-state index in [-0.39, 0.29) is 0 Å². The minimum absolute atomic E-state index is 1.00. The molecule has 4 aromatic rings. The number of imidazole rings is 1. The van der Waals surface area contributed by atoms with Crippen molar-refractivity contribution in [3.05, 3.63) is 132 Å². The number of hydrogen-bond donors (Lipinski definition) is 0. The average Bonchev–Trinajstić information content (AvgIpc) is 3.29. The molecule has 3 heteroatoms. The SMILES string of the molecule is [B]C=C(c1ccccc1)c1ccccc1.c1ccc(CCn2ccnc2)cc1. The quantitative estimate of drug-likeness (QED) is 0.437. The molecule has 0 saturated heterocycles. The Bertz CT molecular complexity index is 906. The summed E-state index contributed by atoms with van der Waals surface area (Å²) < 4.78 is 2.09. The van der Waals surface area contributed by atoms with Crippen molar-refractivity contribution in [3.63, 3.8) is 0 Å². The summed E-state index contributed by atoms with van der Waals surface area (Å²) in [7, 11) is 5.67. The molecule has 3 aromatic carbocycles. The lowest BCUT2D eigenvalue weighted by atomic mass is 9.92. The summed E-state index contributed by atoms with van der Waals surface area (Å²) >= 11 is 0. The number of hydrogen-bond acceptors (Lipinski definition) is 1. The molecule has 2 radical (unpaired) electrons. The zero-order valence-corrected chi connectivity index (χ0v) is 15.9. The third kappa shape index (κ3) is 5.85. The summed E-state index contributed by atoms with van der Waals surface area (Å²) in [5, 5.41) is 0. The molecule has 0 aliphatic heterocycles. The first-order valence-electron chi connectivity index (χ1n) is 9.39. The van der Waals surface area contributed by atoms with Gasteiger partial charge >= 0.3 is 0 Å². The summed E-state index contributed by atoms with van der Waals surface area (Å²) in [5.74, 6) is 1.66. The molecule has 0 bridgehead atoms. The number of rotatable bonds is 5. The van der Waals surface area contributed by atoms with Crippen molar-refractivity contribution in [3.8, 4) is 0 Å². The number of aryl methyl sites for hydroxylation is 2. The van der Waals surface area contributed by atoms with Crippen LogP contribution in [0.2, 0.25) is 0 Å². The highest BCUT2D eigenvalue weighted by molar-refractivity contribution is 6.21. The molecule has 1 heterocycles. The molecule has 0 amide bonds. The molecule has 1 aromatic heterocycles. The molecule has 2 nitrogen and oxygen atoms in total. The molecule has 136 valence electrons. The van der Waals surface area contributed by atoms with E-state index < -0.39 is 0 Å². The molecule has 0 aliphatic rings. The van der Waals surface area contributed by atoms with Gasteiger partial charge in [0.05, 0.1) is 6.33 Å². The summed E-state index contributed by atoms with van der Waals surface area (Å²) in [5.41, 5.74) is 4.73. The molecule has 0 saturated carbocycles. The van der Waals surface area contributed by atoms with Crippen molar-refractivity contribution < 1.29 is 0 Å². The zero-order chi connectivity index (χ0) is 19.4. The van der Waals surface area contributed by atoms with E-state index >= 15 is 0 Å². The maximum atomic E-state index is 5.67. The second-order valence-corrected chi connectivity index (χ2v) is 6.35. The zero-order valence-electron chi connectivity index (χ0n) is 15.9. The Hall–Kier alpha value is -3.33. The fourth-order valence-corrected chi connectivity index (χ4v) is 2.92. The molecule has 0 aliphatic carbocycles. The van der Waals surface area contributed by atoms with E-state index in [2.05, 4.69) is 58.1 Å². The molecular formula is C25H23BN2. The van der Waals surface area contributed by atoms with E-state index in [0.717, 1.165) is 29.7 Å². The van der Waals surface area contributed by atoms with Crippen LogP contribution in [-0.2, 0) is 13.0 Å². The van der Waals surface area contributed by atoms with E-state index in [9.17, 15) is 0 Å². The maximum absolute atomic E-state index is 5.67. The van der Waals surface area contributed by atoms with Crippen LogP contribution in [0.5, 0.6) is 0 Å². The first-order chi connectivity index (χ1) is 13.9. The molecule has 0 fully saturated rings. The van der Waals surface area contributed by atoms with Crippen LogP contribution in [0.1, 0.15) is 16.7 Å². The first kappa shape index (κ1) is 19.4. The van der Waals surface area contributed by atoms with Crippen LogP contribution < -0.4 is 0 Å². The van der Waals surface area contributed by atoms with Gasteiger partial charge in [0.1, 0.15) is 7.85 Å².